The van der Waals surface area contributed by atoms with Gasteiger partial charge in [0.05, 0.1) is 5.41 Å². The van der Waals surface area contributed by atoms with Gasteiger partial charge in [-0.05, 0) is 38.6 Å². The lowest BCUT2D eigenvalue weighted by Gasteiger charge is -2.38. The molecule has 0 aromatic rings. The van der Waals surface area contributed by atoms with Gasteiger partial charge in [0.2, 0.25) is 0 Å². The minimum Gasteiger partial charge on any atom is -0.481 e. The first-order chi connectivity index (χ1) is 7.64. The molecule has 1 rings (SSSR count). The molecule has 1 aliphatic rings. The van der Waals surface area contributed by atoms with E-state index >= 15 is 0 Å². The van der Waals surface area contributed by atoms with Crippen LogP contribution in [0, 0.1) is 5.41 Å². The third-order valence-electron chi connectivity index (χ3n) is 3.61. The number of thioether (sulfide) groups is 1. The monoisotopic (exact) mass is 245 g/mol. The Morgan fingerprint density at radius 2 is 2.06 bits per heavy atom. The van der Waals surface area contributed by atoms with E-state index in [0.717, 1.165) is 51.1 Å². The third-order valence-corrected chi connectivity index (χ3v) is 4.20. The molecule has 1 fully saturated rings. The number of nitrogens with zero attached hydrogens (tertiary/aromatic N) is 1. The summed E-state index contributed by atoms with van der Waals surface area (Å²) in [4.78, 5) is 13.8. The van der Waals surface area contributed by atoms with Crippen LogP contribution in [-0.4, -0.2) is 47.6 Å². The molecule has 94 valence electrons. The van der Waals surface area contributed by atoms with Crippen LogP contribution in [0.5, 0.6) is 0 Å². The van der Waals surface area contributed by atoms with Crippen molar-refractivity contribution in [3.8, 4) is 0 Å². The molecule has 0 aromatic carbocycles. The van der Waals surface area contributed by atoms with Gasteiger partial charge in [-0.15, -0.1) is 0 Å². The van der Waals surface area contributed by atoms with Gasteiger partial charge in [-0.1, -0.05) is 13.3 Å². The summed E-state index contributed by atoms with van der Waals surface area (Å²) in [6.07, 6.45) is 5.56. The van der Waals surface area contributed by atoms with Gasteiger partial charge < -0.3 is 10.0 Å². The smallest absolute Gasteiger partial charge is 0.309 e. The van der Waals surface area contributed by atoms with Gasteiger partial charge >= 0.3 is 5.97 Å². The van der Waals surface area contributed by atoms with Gasteiger partial charge in [0.1, 0.15) is 0 Å². The Kier molecular flexibility index (Phi) is 5.62. The van der Waals surface area contributed by atoms with Crippen molar-refractivity contribution in [2.24, 2.45) is 5.41 Å². The first-order valence-electron chi connectivity index (χ1n) is 6.09. The fourth-order valence-electron chi connectivity index (χ4n) is 2.47. The standard InChI is InChI=1S/C12H23NO2S/c1-3-4-12(11(14)15)5-7-13(8-6-12)9-10-16-2/h3-10H2,1-2H3,(H,14,15). The quantitative estimate of drug-likeness (QED) is 0.779. The molecule has 16 heavy (non-hydrogen) atoms. The molecule has 0 aromatic heterocycles. The molecule has 0 aliphatic carbocycles. The molecule has 1 heterocycles. The number of carbonyl (C=O) groups is 1. The summed E-state index contributed by atoms with van der Waals surface area (Å²) in [5, 5.41) is 9.36. The molecule has 0 saturated carbocycles. The van der Waals surface area contributed by atoms with Gasteiger partial charge in [-0.3, -0.25) is 4.79 Å². The second kappa shape index (κ2) is 6.50. The molecular weight excluding hydrogens is 222 g/mol. The van der Waals surface area contributed by atoms with E-state index in [-0.39, 0.29) is 0 Å². The highest BCUT2D eigenvalue weighted by atomic mass is 32.2. The predicted molar refractivity (Wildman–Crippen MR) is 69.0 cm³/mol. The van der Waals surface area contributed by atoms with Crippen LogP contribution in [0.2, 0.25) is 0 Å². The molecule has 0 atom stereocenters. The van der Waals surface area contributed by atoms with Gasteiger partial charge in [-0.25, -0.2) is 0 Å². The summed E-state index contributed by atoms with van der Waals surface area (Å²) in [5.41, 5.74) is -0.426. The molecule has 4 heteroatoms. The zero-order valence-corrected chi connectivity index (χ0v) is 11.2. The van der Waals surface area contributed by atoms with Crippen LogP contribution >= 0.6 is 11.8 Å². The second-order valence-electron chi connectivity index (χ2n) is 4.67. The Bertz CT molecular complexity index is 225. The third kappa shape index (κ3) is 3.39. The number of hydrogen-bond acceptors (Lipinski definition) is 3. The van der Waals surface area contributed by atoms with Crippen molar-refractivity contribution in [2.45, 2.75) is 32.6 Å². The molecule has 0 spiro atoms. The number of piperidine rings is 1. The van der Waals surface area contributed by atoms with Crippen LogP contribution in [0.15, 0.2) is 0 Å². The molecule has 3 nitrogen and oxygen atoms in total. The average molecular weight is 245 g/mol. The highest BCUT2D eigenvalue weighted by Gasteiger charge is 2.40. The maximum atomic E-state index is 11.4. The van der Waals surface area contributed by atoms with E-state index < -0.39 is 11.4 Å². The molecule has 0 radical (unpaired) electrons. The number of likely N-dealkylation sites (tertiary alicyclic amines) is 1. The van der Waals surface area contributed by atoms with Crippen LogP contribution < -0.4 is 0 Å². The van der Waals surface area contributed by atoms with E-state index in [2.05, 4.69) is 18.1 Å². The Morgan fingerprint density at radius 3 is 2.50 bits per heavy atom. The molecule has 1 saturated heterocycles. The summed E-state index contributed by atoms with van der Waals surface area (Å²) in [7, 11) is 0. The Morgan fingerprint density at radius 1 is 1.44 bits per heavy atom. The topological polar surface area (TPSA) is 40.5 Å². The first kappa shape index (κ1) is 13.8. The van der Waals surface area contributed by atoms with Crippen LogP contribution in [-0.2, 0) is 4.79 Å². The minimum absolute atomic E-state index is 0.426. The van der Waals surface area contributed by atoms with E-state index in [1.165, 1.54) is 0 Å². The van der Waals surface area contributed by atoms with Crippen molar-refractivity contribution >= 4 is 17.7 Å². The largest absolute Gasteiger partial charge is 0.481 e. The molecule has 0 amide bonds. The Labute approximate surface area is 103 Å². The van der Waals surface area contributed by atoms with Crippen LogP contribution in [0.4, 0.5) is 0 Å². The van der Waals surface area contributed by atoms with E-state index in [4.69, 9.17) is 0 Å². The van der Waals surface area contributed by atoms with Crippen LogP contribution in [0.25, 0.3) is 0 Å². The first-order valence-corrected chi connectivity index (χ1v) is 7.48. The van der Waals surface area contributed by atoms with E-state index in [0.29, 0.717) is 0 Å². The summed E-state index contributed by atoms with van der Waals surface area (Å²) in [6.45, 7) is 5.08. The summed E-state index contributed by atoms with van der Waals surface area (Å²) in [5.74, 6) is 0.562. The second-order valence-corrected chi connectivity index (χ2v) is 5.66. The average Bonchev–Trinajstić information content (AvgIpc) is 2.28. The van der Waals surface area contributed by atoms with Crippen molar-refractivity contribution in [1.29, 1.82) is 0 Å². The number of hydrogen-bond donors (Lipinski definition) is 1. The van der Waals surface area contributed by atoms with E-state index in [1.807, 2.05) is 11.8 Å². The molecular formula is C12H23NO2S. The SMILES string of the molecule is CCCC1(C(=O)O)CCN(CCSC)CC1. The van der Waals surface area contributed by atoms with Crippen molar-refractivity contribution in [3.63, 3.8) is 0 Å². The highest BCUT2D eigenvalue weighted by Crippen LogP contribution is 2.36. The molecule has 0 bridgehead atoms. The Balaban J connectivity index is 2.46. The molecule has 1 N–H and O–H groups in total. The maximum absolute atomic E-state index is 11.4. The Hall–Kier alpha value is -0.220. The highest BCUT2D eigenvalue weighted by molar-refractivity contribution is 7.98. The van der Waals surface area contributed by atoms with Crippen molar-refractivity contribution in [2.75, 3.05) is 31.6 Å². The lowest BCUT2D eigenvalue weighted by molar-refractivity contribution is -0.152. The summed E-state index contributed by atoms with van der Waals surface area (Å²) >= 11 is 1.85. The van der Waals surface area contributed by atoms with E-state index in [1.54, 1.807) is 0 Å². The van der Waals surface area contributed by atoms with Crippen LogP contribution in [0.3, 0.4) is 0 Å². The van der Waals surface area contributed by atoms with Gasteiger partial charge in [0, 0.05) is 12.3 Å². The normalized spacial score (nSPS) is 20.9. The van der Waals surface area contributed by atoms with Gasteiger partial charge in [0.15, 0.2) is 0 Å². The number of carboxylic acids is 1. The summed E-state index contributed by atoms with van der Waals surface area (Å²) < 4.78 is 0. The number of aliphatic carboxylic acids is 1. The number of rotatable bonds is 6. The van der Waals surface area contributed by atoms with Crippen molar-refractivity contribution < 1.29 is 9.90 Å². The zero-order chi connectivity index (χ0) is 12.0. The lowest BCUT2D eigenvalue weighted by Crippen LogP contribution is -2.44. The fraction of sp³-hybridized carbons (Fsp3) is 0.917. The minimum atomic E-state index is -0.584. The van der Waals surface area contributed by atoms with Crippen molar-refractivity contribution in [1.82, 2.24) is 4.90 Å². The molecule has 1 aliphatic heterocycles. The summed E-state index contributed by atoms with van der Waals surface area (Å²) in [6, 6.07) is 0. The zero-order valence-electron chi connectivity index (χ0n) is 10.4. The van der Waals surface area contributed by atoms with Crippen LogP contribution in [0.1, 0.15) is 32.6 Å². The number of carboxylic acid groups (broad SMARTS) is 1. The van der Waals surface area contributed by atoms with Gasteiger partial charge in [-0.2, -0.15) is 11.8 Å². The van der Waals surface area contributed by atoms with E-state index in [9.17, 15) is 9.90 Å². The van der Waals surface area contributed by atoms with Crippen molar-refractivity contribution in [3.05, 3.63) is 0 Å². The maximum Gasteiger partial charge on any atom is 0.309 e. The lowest BCUT2D eigenvalue weighted by atomic mass is 9.75. The predicted octanol–water partition coefficient (Wildman–Crippen LogP) is 2.32. The fourth-order valence-corrected chi connectivity index (χ4v) is 2.92. The molecule has 0 unspecified atom stereocenters. The van der Waals surface area contributed by atoms with Gasteiger partial charge in [0.25, 0.3) is 0 Å².